The maximum Gasteiger partial charge on any atom is 0.140 e. The minimum Gasteiger partial charge on any atom is -0.316 e. The molecule has 2 fully saturated rings. The van der Waals surface area contributed by atoms with Crippen molar-refractivity contribution in [2.24, 2.45) is 5.92 Å². The van der Waals surface area contributed by atoms with Gasteiger partial charge in [-0.2, -0.15) is 0 Å². The molecule has 0 spiro atoms. The topological polar surface area (TPSA) is 42.7 Å². The quantitative estimate of drug-likeness (QED) is 0.892. The summed E-state index contributed by atoms with van der Waals surface area (Å²) in [7, 11) is 0. The van der Waals surface area contributed by atoms with Crippen molar-refractivity contribution < 1.29 is 0 Å². The summed E-state index contributed by atoms with van der Waals surface area (Å²) in [6.07, 6.45) is 8.47. The fourth-order valence-corrected chi connectivity index (χ4v) is 3.70. The van der Waals surface area contributed by atoms with Gasteiger partial charge in [0.05, 0.1) is 0 Å². The monoisotopic (exact) mass is 248 g/mol. The molecule has 1 N–H and O–H groups in total. The summed E-state index contributed by atoms with van der Waals surface area (Å²) >= 11 is 0. The minimum atomic E-state index is 0.194. The van der Waals surface area contributed by atoms with Gasteiger partial charge in [0.2, 0.25) is 0 Å². The van der Waals surface area contributed by atoms with E-state index in [4.69, 9.17) is 0 Å². The molecule has 2 aliphatic rings. The van der Waals surface area contributed by atoms with Gasteiger partial charge >= 0.3 is 0 Å². The van der Waals surface area contributed by atoms with Crippen LogP contribution in [-0.2, 0) is 5.41 Å². The first-order valence-corrected chi connectivity index (χ1v) is 7.35. The highest BCUT2D eigenvalue weighted by Gasteiger charge is 2.43. The number of hydrogen-bond acceptors (Lipinski definition) is 3. The summed E-state index contributed by atoms with van der Waals surface area (Å²) in [6, 6.07) is 0.645. The number of aromatic nitrogens is 3. The fraction of sp³-hybridized carbons (Fsp3) is 0.857. The van der Waals surface area contributed by atoms with Crippen LogP contribution in [0.1, 0.15) is 57.8 Å². The molecule has 4 heteroatoms. The number of hydrogen-bond donors (Lipinski definition) is 1. The summed E-state index contributed by atoms with van der Waals surface area (Å²) in [5.41, 5.74) is 0.194. The van der Waals surface area contributed by atoms with E-state index >= 15 is 0 Å². The molecule has 1 aliphatic carbocycles. The van der Waals surface area contributed by atoms with Gasteiger partial charge in [-0.15, -0.1) is 10.2 Å². The van der Waals surface area contributed by atoms with Gasteiger partial charge in [-0.3, -0.25) is 0 Å². The lowest BCUT2D eigenvalue weighted by molar-refractivity contribution is 0.295. The van der Waals surface area contributed by atoms with Crippen molar-refractivity contribution in [2.45, 2.75) is 57.4 Å². The Bertz CT molecular complexity index is 398. The maximum absolute atomic E-state index is 4.51. The Morgan fingerprint density at radius 3 is 2.78 bits per heavy atom. The van der Waals surface area contributed by atoms with Crippen LogP contribution in [0, 0.1) is 5.92 Å². The molecule has 0 aromatic carbocycles. The largest absolute Gasteiger partial charge is 0.316 e. The molecule has 1 aromatic heterocycles. The van der Waals surface area contributed by atoms with Crippen molar-refractivity contribution >= 4 is 0 Å². The third-order valence-corrected chi connectivity index (χ3v) is 5.03. The van der Waals surface area contributed by atoms with Gasteiger partial charge < -0.3 is 9.88 Å². The lowest BCUT2D eigenvalue weighted by atomic mass is 9.75. The third-order valence-electron chi connectivity index (χ3n) is 5.03. The molecule has 1 unspecified atom stereocenters. The summed E-state index contributed by atoms with van der Waals surface area (Å²) in [5, 5.41) is 12.3. The molecule has 1 atom stereocenters. The number of nitrogens with one attached hydrogen (secondary N) is 1. The summed E-state index contributed by atoms with van der Waals surface area (Å²) in [5.74, 6) is 1.84. The summed E-state index contributed by atoms with van der Waals surface area (Å²) in [4.78, 5) is 0. The zero-order chi connectivity index (χ0) is 12.6. The first kappa shape index (κ1) is 12.2. The van der Waals surface area contributed by atoms with Crippen LogP contribution in [0.5, 0.6) is 0 Å². The van der Waals surface area contributed by atoms with Gasteiger partial charge in [0, 0.05) is 18.0 Å². The summed E-state index contributed by atoms with van der Waals surface area (Å²) in [6.45, 7) is 6.80. The van der Waals surface area contributed by atoms with Crippen LogP contribution in [-0.4, -0.2) is 27.9 Å². The van der Waals surface area contributed by atoms with Crippen molar-refractivity contribution in [1.29, 1.82) is 0 Å². The molecule has 0 amide bonds. The Labute approximate surface area is 109 Å². The van der Waals surface area contributed by atoms with E-state index in [0.29, 0.717) is 12.0 Å². The first-order valence-electron chi connectivity index (χ1n) is 7.35. The smallest absolute Gasteiger partial charge is 0.140 e. The Hall–Kier alpha value is -0.900. The van der Waals surface area contributed by atoms with Crippen LogP contribution in [0.3, 0.4) is 0 Å². The second kappa shape index (κ2) is 4.65. The minimum absolute atomic E-state index is 0.194. The maximum atomic E-state index is 4.51. The van der Waals surface area contributed by atoms with E-state index in [1.807, 2.05) is 6.33 Å². The van der Waals surface area contributed by atoms with E-state index in [9.17, 15) is 0 Å². The Morgan fingerprint density at radius 2 is 2.17 bits per heavy atom. The van der Waals surface area contributed by atoms with E-state index in [-0.39, 0.29) is 5.41 Å². The average Bonchev–Trinajstić information content (AvgIpc) is 3.11. The van der Waals surface area contributed by atoms with E-state index in [0.717, 1.165) is 13.1 Å². The van der Waals surface area contributed by atoms with Gasteiger partial charge in [0.25, 0.3) is 0 Å². The van der Waals surface area contributed by atoms with Crippen molar-refractivity contribution in [3.05, 3.63) is 12.2 Å². The summed E-state index contributed by atoms with van der Waals surface area (Å²) < 4.78 is 2.39. The van der Waals surface area contributed by atoms with E-state index in [2.05, 4.69) is 33.9 Å². The zero-order valence-corrected chi connectivity index (χ0v) is 11.5. The SMILES string of the molecule is CC(C)C1(c2nncn2C2CCCC2)CCNC1. The standard InChI is InChI=1S/C14H24N4/c1-11(2)14(7-8-15-9-14)13-17-16-10-18(13)12-5-3-4-6-12/h10-12,15H,3-9H2,1-2H3. The molecular weight excluding hydrogens is 224 g/mol. The first-order chi connectivity index (χ1) is 8.74. The van der Waals surface area contributed by atoms with Crippen LogP contribution in [0.25, 0.3) is 0 Å². The average molecular weight is 248 g/mol. The highest BCUT2D eigenvalue weighted by atomic mass is 15.3. The van der Waals surface area contributed by atoms with E-state index < -0.39 is 0 Å². The molecular formula is C14H24N4. The van der Waals surface area contributed by atoms with Crippen molar-refractivity contribution in [2.75, 3.05) is 13.1 Å². The van der Waals surface area contributed by atoms with Gasteiger partial charge in [-0.25, -0.2) is 0 Å². The molecule has 0 bridgehead atoms. The second-order valence-electron chi connectivity index (χ2n) is 6.24. The van der Waals surface area contributed by atoms with Crippen LogP contribution >= 0.6 is 0 Å². The third kappa shape index (κ3) is 1.78. The van der Waals surface area contributed by atoms with Gasteiger partial charge in [-0.1, -0.05) is 26.7 Å². The molecule has 3 rings (SSSR count). The molecule has 1 saturated heterocycles. The Kier molecular flexibility index (Phi) is 3.14. The Balaban J connectivity index is 1.97. The van der Waals surface area contributed by atoms with Crippen molar-refractivity contribution in [3.63, 3.8) is 0 Å². The molecule has 1 aliphatic heterocycles. The van der Waals surface area contributed by atoms with E-state index in [1.165, 1.54) is 37.9 Å². The Morgan fingerprint density at radius 1 is 1.39 bits per heavy atom. The fourth-order valence-electron chi connectivity index (χ4n) is 3.70. The van der Waals surface area contributed by atoms with Crippen LogP contribution < -0.4 is 5.32 Å². The predicted octanol–water partition coefficient (Wildman–Crippen LogP) is 2.28. The van der Waals surface area contributed by atoms with Gasteiger partial charge in [0.1, 0.15) is 12.2 Å². The molecule has 2 heterocycles. The molecule has 4 nitrogen and oxygen atoms in total. The number of rotatable bonds is 3. The van der Waals surface area contributed by atoms with Gasteiger partial charge in [0.15, 0.2) is 0 Å². The lowest BCUT2D eigenvalue weighted by Gasteiger charge is -2.33. The second-order valence-corrected chi connectivity index (χ2v) is 6.24. The van der Waals surface area contributed by atoms with Crippen LogP contribution in [0.4, 0.5) is 0 Å². The van der Waals surface area contributed by atoms with Crippen LogP contribution in [0.2, 0.25) is 0 Å². The highest BCUT2D eigenvalue weighted by molar-refractivity contribution is 5.15. The van der Waals surface area contributed by atoms with E-state index in [1.54, 1.807) is 0 Å². The van der Waals surface area contributed by atoms with Crippen molar-refractivity contribution in [1.82, 2.24) is 20.1 Å². The number of nitrogens with zero attached hydrogens (tertiary/aromatic N) is 3. The molecule has 1 aromatic rings. The normalized spacial score (nSPS) is 29.5. The lowest BCUT2D eigenvalue weighted by Crippen LogP contribution is -2.38. The molecule has 0 radical (unpaired) electrons. The predicted molar refractivity (Wildman–Crippen MR) is 71.5 cm³/mol. The zero-order valence-electron chi connectivity index (χ0n) is 11.5. The van der Waals surface area contributed by atoms with Crippen LogP contribution in [0.15, 0.2) is 6.33 Å². The molecule has 18 heavy (non-hydrogen) atoms. The molecule has 1 saturated carbocycles. The van der Waals surface area contributed by atoms with Crippen molar-refractivity contribution in [3.8, 4) is 0 Å². The van der Waals surface area contributed by atoms with Gasteiger partial charge in [-0.05, 0) is 31.7 Å². The highest BCUT2D eigenvalue weighted by Crippen LogP contribution is 2.40. The molecule has 100 valence electrons.